The Bertz CT molecular complexity index is 826. The third-order valence-corrected chi connectivity index (χ3v) is 5.33. The Hall–Kier alpha value is -2.47. The van der Waals surface area contributed by atoms with Gasteiger partial charge in [-0.25, -0.2) is 9.37 Å². The van der Waals surface area contributed by atoms with Crippen LogP contribution in [0.2, 0.25) is 0 Å². The highest BCUT2D eigenvalue weighted by atomic mass is 19.1. The van der Waals surface area contributed by atoms with Gasteiger partial charge < -0.3 is 15.3 Å². The fraction of sp³-hybridized carbons (Fsp3) is 0.368. The van der Waals surface area contributed by atoms with E-state index in [4.69, 9.17) is 0 Å². The maximum absolute atomic E-state index is 13.6. The van der Waals surface area contributed by atoms with E-state index in [0.29, 0.717) is 25.1 Å². The SMILES string of the molecule is O=C(c1ccnc2c1CCN2)N1CCC(CO)(c2cccc(F)c2)C1. The summed E-state index contributed by atoms with van der Waals surface area (Å²) in [4.78, 5) is 19.0. The number of hydrogen-bond donors (Lipinski definition) is 2. The minimum atomic E-state index is -0.605. The number of carbonyl (C=O) groups excluding carboxylic acids is 1. The molecule has 0 spiro atoms. The van der Waals surface area contributed by atoms with Gasteiger partial charge in [0.25, 0.3) is 5.91 Å². The monoisotopic (exact) mass is 341 g/mol. The molecule has 2 aliphatic heterocycles. The lowest BCUT2D eigenvalue weighted by Crippen LogP contribution is -2.37. The first-order chi connectivity index (χ1) is 12.1. The van der Waals surface area contributed by atoms with Gasteiger partial charge in [0.1, 0.15) is 11.6 Å². The summed E-state index contributed by atoms with van der Waals surface area (Å²) in [5.41, 5.74) is 1.77. The van der Waals surface area contributed by atoms with Gasteiger partial charge in [-0.1, -0.05) is 12.1 Å². The van der Waals surface area contributed by atoms with Gasteiger partial charge in [0.2, 0.25) is 0 Å². The molecule has 0 radical (unpaired) electrons. The van der Waals surface area contributed by atoms with E-state index in [1.807, 2.05) is 6.07 Å². The van der Waals surface area contributed by atoms with Gasteiger partial charge in [-0.15, -0.1) is 0 Å². The van der Waals surface area contributed by atoms with Crippen molar-refractivity contribution in [2.45, 2.75) is 18.3 Å². The first-order valence-corrected chi connectivity index (χ1v) is 8.51. The van der Waals surface area contributed by atoms with Gasteiger partial charge in [-0.3, -0.25) is 4.79 Å². The smallest absolute Gasteiger partial charge is 0.254 e. The maximum Gasteiger partial charge on any atom is 0.254 e. The zero-order valence-electron chi connectivity index (χ0n) is 13.8. The van der Waals surface area contributed by atoms with Crippen LogP contribution in [0.4, 0.5) is 10.2 Å². The molecule has 2 N–H and O–H groups in total. The van der Waals surface area contributed by atoms with Gasteiger partial charge >= 0.3 is 0 Å². The number of rotatable bonds is 3. The first-order valence-electron chi connectivity index (χ1n) is 8.51. The number of halogens is 1. The Morgan fingerprint density at radius 1 is 1.40 bits per heavy atom. The largest absolute Gasteiger partial charge is 0.395 e. The van der Waals surface area contributed by atoms with Gasteiger partial charge in [0.05, 0.1) is 6.61 Å². The third kappa shape index (κ3) is 2.66. The Kier molecular flexibility index (Phi) is 3.92. The standard InChI is InChI=1S/C19H20FN3O2/c20-14-3-1-2-13(10-14)19(12-24)6-9-23(11-19)18(25)16-5-8-22-17-15(16)4-7-21-17/h1-3,5,8,10,24H,4,6-7,9,11-12H2,(H,21,22). The molecule has 1 saturated heterocycles. The summed E-state index contributed by atoms with van der Waals surface area (Å²) < 4.78 is 13.6. The number of fused-ring (bicyclic) bond motifs is 1. The maximum atomic E-state index is 13.6. The molecule has 0 saturated carbocycles. The summed E-state index contributed by atoms with van der Waals surface area (Å²) in [7, 11) is 0. The van der Waals surface area contributed by atoms with Crippen molar-refractivity contribution >= 4 is 11.7 Å². The van der Waals surface area contributed by atoms with Gasteiger partial charge in [-0.2, -0.15) is 0 Å². The second kappa shape index (κ2) is 6.11. The molecule has 0 bridgehead atoms. The number of aliphatic hydroxyl groups is 1. The molecule has 2 aliphatic rings. The van der Waals surface area contributed by atoms with Crippen LogP contribution in [0.15, 0.2) is 36.5 Å². The van der Waals surface area contributed by atoms with Crippen molar-refractivity contribution in [3.8, 4) is 0 Å². The summed E-state index contributed by atoms with van der Waals surface area (Å²) in [5, 5.41) is 13.2. The van der Waals surface area contributed by atoms with E-state index < -0.39 is 5.41 Å². The molecule has 1 aromatic heterocycles. The molecule has 3 heterocycles. The van der Waals surface area contributed by atoms with Crippen molar-refractivity contribution in [1.29, 1.82) is 0 Å². The van der Waals surface area contributed by atoms with Crippen molar-refractivity contribution in [3.63, 3.8) is 0 Å². The molecular formula is C19H20FN3O2. The second-order valence-corrected chi connectivity index (χ2v) is 6.79. The quantitative estimate of drug-likeness (QED) is 0.896. The fourth-order valence-electron chi connectivity index (χ4n) is 3.89. The highest BCUT2D eigenvalue weighted by molar-refractivity contribution is 5.97. The number of anilines is 1. The minimum Gasteiger partial charge on any atom is -0.395 e. The molecule has 130 valence electrons. The number of benzene rings is 1. The second-order valence-electron chi connectivity index (χ2n) is 6.79. The van der Waals surface area contributed by atoms with E-state index in [1.54, 1.807) is 23.2 Å². The highest BCUT2D eigenvalue weighted by Crippen LogP contribution is 2.36. The molecule has 2 aromatic rings. The van der Waals surface area contributed by atoms with Crippen molar-refractivity contribution in [1.82, 2.24) is 9.88 Å². The number of carbonyl (C=O) groups is 1. The van der Waals surface area contributed by atoms with Gasteiger partial charge in [0.15, 0.2) is 0 Å². The summed E-state index contributed by atoms with van der Waals surface area (Å²) in [6.45, 7) is 1.60. The molecule has 25 heavy (non-hydrogen) atoms. The predicted molar refractivity (Wildman–Crippen MR) is 92.1 cm³/mol. The normalized spacial score (nSPS) is 21.9. The highest BCUT2D eigenvalue weighted by Gasteiger charge is 2.41. The molecule has 0 aliphatic carbocycles. The number of aromatic nitrogens is 1. The number of nitrogens with one attached hydrogen (secondary N) is 1. The number of likely N-dealkylation sites (tertiary alicyclic amines) is 1. The van der Waals surface area contributed by atoms with Crippen molar-refractivity contribution in [3.05, 3.63) is 59.0 Å². The summed E-state index contributed by atoms with van der Waals surface area (Å²) >= 11 is 0. The van der Waals surface area contributed by atoms with Gasteiger partial charge in [-0.05, 0) is 36.6 Å². The Labute approximate surface area is 145 Å². The molecule has 1 fully saturated rings. The van der Waals surface area contributed by atoms with E-state index >= 15 is 0 Å². The zero-order chi connectivity index (χ0) is 17.4. The van der Waals surface area contributed by atoms with Crippen molar-refractivity contribution in [2.75, 3.05) is 31.6 Å². The van der Waals surface area contributed by atoms with Crippen LogP contribution in [-0.2, 0) is 11.8 Å². The van der Waals surface area contributed by atoms with E-state index in [-0.39, 0.29) is 18.3 Å². The summed E-state index contributed by atoms with van der Waals surface area (Å²) in [6.07, 6.45) is 3.05. The zero-order valence-corrected chi connectivity index (χ0v) is 13.8. The molecule has 1 amide bonds. The lowest BCUT2D eigenvalue weighted by atomic mass is 9.80. The Morgan fingerprint density at radius 3 is 3.08 bits per heavy atom. The van der Waals surface area contributed by atoms with E-state index in [0.717, 1.165) is 29.9 Å². The molecular weight excluding hydrogens is 321 g/mol. The minimum absolute atomic E-state index is 0.0471. The Balaban J connectivity index is 1.62. The van der Waals surface area contributed by atoms with Gasteiger partial charge in [0, 0.05) is 42.4 Å². The number of amides is 1. The van der Waals surface area contributed by atoms with Crippen LogP contribution in [0.5, 0.6) is 0 Å². The van der Waals surface area contributed by atoms with E-state index in [9.17, 15) is 14.3 Å². The predicted octanol–water partition coefficient (Wildman–Crippen LogP) is 1.96. The average Bonchev–Trinajstić information content (AvgIpc) is 3.28. The fourth-order valence-corrected chi connectivity index (χ4v) is 3.89. The number of aliphatic hydroxyl groups excluding tert-OH is 1. The number of hydrogen-bond acceptors (Lipinski definition) is 4. The topological polar surface area (TPSA) is 65.5 Å². The van der Waals surface area contributed by atoms with E-state index in [2.05, 4.69) is 10.3 Å². The molecule has 5 nitrogen and oxygen atoms in total. The Morgan fingerprint density at radius 2 is 2.28 bits per heavy atom. The van der Waals surface area contributed by atoms with Crippen molar-refractivity contribution < 1.29 is 14.3 Å². The average molecular weight is 341 g/mol. The molecule has 4 rings (SSSR count). The third-order valence-electron chi connectivity index (χ3n) is 5.33. The summed E-state index contributed by atoms with van der Waals surface area (Å²) in [6, 6.07) is 8.07. The first kappa shape index (κ1) is 16.0. The molecule has 1 unspecified atom stereocenters. The molecule has 1 aromatic carbocycles. The van der Waals surface area contributed by atoms with Crippen LogP contribution < -0.4 is 5.32 Å². The summed E-state index contributed by atoms with van der Waals surface area (Å²) in [5.74, 6) is 0.408. The number of nitrogens with zero attached hydrogens (tertiary/aromatic N) is 2. The van der Waals surface area contributed by atoms with Crippen molar-refractivity contribution in [2.24, 2.45) is 0 Å². The van der Waals surface area contributed by atoms with Crippen LogP contribution in [0.3, 0.4) is 0 Å². The number of pyridine rings is 1. The van der Waals surface area contributed by atoms with Crippen LogP contribution in [-0.4, -0.2) is 47.1 Å². The molecule has 1 atom stereocenters. The lowest BCUT2D eigenvalue weighted by Gasteiger charge is -2.28. The van der Waals surface area contributed by atoms with Crippen LogP contribution in [0.1, 0.15) is 27.9 Å². The van der Waals surface area contributed by atoms with E-state index in [1.165, 1.54) is 12.1 Å². The van der Waals surface area contributed by atoms with Crippen LogP contribution in [0, 0.1) is 5.82 Å². The molecule has 6 heteroatoms. The lowest BCUT2D eigenvalue weighted by molar-refractivity contribution is 0.0773. The van der Waals surface area contributed by atoms with Crippen LogP contribution >= 0.6 is 0 Å². The van der Waals surface area contributed by atoms with Crippen LogP contribution in [0.25, 0.3) is 0 Å².